The standard InChI is InChI=1S/C16H18N4/c1-17-15(16-10-20(2)11-19-16)9-12-7-8-18-14-6-4-3-5-13(12)14/h3-8,10-11,15,17H,9H2,1-2H3. The molecule has 20 heavy (non-hydrogen) atoms. The van der Waals surface area contributed by atoms with Crippen LogP contribution in [-0.4, -0.2) is 21.6 Å². The number of aryl methyl sites for hydroxylation is 1. The maximum atomic E-state index is 4.45. The second-order valence-corrected chi connectivity index (χ2v) is 5.00. The molecule has 2 heterocycles. The summed E-state index contributed by atoms with van der Waals surface area (Å²) in [6.45, 7) is 0. The van der Waals surface area contributed by atoms with Gasteiger partial charge in [0.1, 0.15) is 0 Å². The third-order valence-electron chi connectivity index (χ3n) is 3.59. The zero-order valence-corrected chi connectivity index (χ0v) is 11.7. The summed E-state index contributed by atoms with van der Waals surface area (Å²) in [6, 6.07) is 10.6. The van der Waals surface area contributed by atoms with E-state index in [0.717, 1.165) is 17.6 Å². The Bertz CT molecular complexity index is 712. The predicted molar refractivity (Wildman–Crippen MR) is 80.5 cm³/mol. The molecule has 1 N–H and O–H groups in total. The maximum Gasteiger partial charge on any atom is 0.0947 e. The summed E-state index contributed by atoms with van der Waals surface area (Å²) in [7, 11) is 3.97. The molecule has 0 bridgehead atoms. The average molecular weight is 266 g/mol. The first-order valence-electron chi connectivity index (χ1n) is 6.75. The van der Waals surface area contributed by atoms with Gasteiger partial charge in [-0.2, -0.15) is 0 Å². The van der Waals surface area contributed by atoms with Gasteiger partial charge >= 0.3 is 0 Å². The quantitative estimate of drug-likeness (QED) is 0.789. The number of imidazole rings is 1. The minimum absolute atomic E-state index is 0.210. The smallest absolute Gasteiger partial charge is 0.0947 e. The molecular weight excluding hydrogens is 248 g/mol. The molecular formula is C16H18N4. The summed E-state index contributed by atoms with van der Waals surface area (Å²) in [5.41, 5.74) is 3.40. The molecule has 0 aliphatic heterocycles. The predicted octanol–water partition coefficient (Wildman–Crippen LogP) is 2.47. The fraction of sp³-hybridized carbons (Fsp3) is 0.250. The lowest BCUT2D eigenvalue weighted by molar-refractivity contribution is 0.579. The zero-order chi connectivity index (χ0) is 13.9. The van der Waals surface area contributed by atoms with Crippen LogP contribution in [0.15, 0.2) is 49.1 Å². The number of fused-ring (bicyclic) bond motifs is 1. The highest BCUT2D eigenvalue weighted by Gasteiger charge is 2.14. The first-order valence-corrected chi connectivity index (χ1v) is 6.75. The van der Waals surface area contributed by atoms with Crippen LogP contribution in [0.1, 0.15) is 17.3 Å². The molecule has 0 radical (unpaired) electrons. The summed E-state index contributed by atoms with van der Waals surface area (Å²) >= 11 is 0. The molecule has 3 aromatic rings. The van der Waals surface area contributed by atoms with Crippen molar-refractivity contribution in [1.29, 1.82) is 0 Å². The van der Waals surface area contributed by atoms with E-state index >= 15 is 0 Å². The molecule has 1 aromatic carbocycles. The highest BCUT2D eigenvalue weighted by atomic mass is 15.0. The van der Waals surface area contributed by atoms with E-state index in [4.69, 9.17) is 0 Å². The van der Waals surface area contributed by atoms with Crippen molar-refractivity contribution in [2.24, 2.45) is 7.05 Å². The lowest BCUT2D eigenvalue weighted by atomic mass is 10.0. The number of nitrogens with zero attached hydrogens (tertiary/aromatic N) is 3. The number of nitrogens with one attached hydrogen (secondary N) is 1. The molecule has 0 amide bonds. The molecule has 4 nitrogen and oxygen atoms in total. The lowest BCUT2D eigenvalue weighted by Gasteiger charge is -2.15. The SMILES string of the molecule is CNC(Cc1ccnc2ccccc12)c1cn(C)cn1. The minimum atomic E-state index is 0.210. The highest BCUT2D eigenvalue weighted by Crippen LogP contribution is 2.22. The first-order chi connectivity index (χ1) is 9.78. The molecule has 0 fully saturated rings. The molecule has 3 rings (SSSR count). The zero-order valence-electron chi connectivity index (χ0n) is 11.7. The van der Waals surface area contributed by atoms with Crippen molar-refractivity contribution in [3.8, 4) is 0 Å². The van der Waals surface area contributed by atoms with Gasteiger partial charge in [-0.05, 0) is 31.2 Å². The first kappa shape index (κ1) is 12.8. The topological polar surface area (TPSA) is 42.7 Å². The molecule has 102 valence electrons. The van der Waals surface area contributed by atoms with Gasteiger partial charge in [0.25, 0.3) is 0 Å². The Balaban J connectivity index is 1.95. The third-order valence-corrected chi connectivity index (χ3v) is 3.59. The van der Waals surface area contributed by atoms with Gasteiger partial charge in [0.15, 0.2) is 0 Å². The summed E-state index contributed by atoms with van der Waals surface area (Å²) in [5, 5.41) is 4.56. The van der Waals surface area contributed by atoms with E-state index < -0.39 is 0 Å². The number of rotatable bonds is 4. The van der Waals surface area contributed by atoms with Gasteiger partial charge in [0.05, 0.1) is 23.6 Å². The number of aromatic nitrogens is 3. The number of hydrogen-bond donors (Lipinski definition) is 1. The van der Waals surface area contributed by atoms with Crippen LogP contribution < -0.4 is 5.32 Å². The molecule has 4 heteroatoms. The van der Waals surface area contributed by atoms with E-state index in [0.29, 0.717) is 0 Å². The second-order valence-electron chi connectivity index (χ2n) is 5.00. The molecule has 0 aliphatic carbocycles. The van der Waals surface area contributed by atoms with Crippen molar-refractivity contribution in [2.45, 2.75) is 12.5 Å². The summed E-state index contributed by atoms with van der Waals surface area (Å²) in [5.74, 6) is 0. The monoisotopic (exact) mass is 266 g/mol. The molecule has 1 unspecified atom stereocenters. The summed E-state index contributed by atoms with van der Waals surface area (Å²) in [6.07, 6.45) is 6.67. The number of pyridine rings is 1. The van der Waals surface area contributed by atoms with Crippen LogP contribution in [-0.2, 0) is 13.5 Å². The highest BCUT2D eigenvalue weighted by molar-refractivity contribution is 5.81. The fourth-order valence-electron chi connectivity index (χ4n) is 2.52. The molecule has 2 aromatic heterocycles. The number of benzene rings is 1. The number of para-hydroxylation sites is 1. The van der Waals surface area contributed by atoms with Crippen molar-refractivity contribution in [1.82, 2.24) is 19.9 Å². The second kappa shape index (κ2) is 5.43. The fourth-order valence-corrected chi connectivity index (χ4v) is 2.52. The van der Waals surface area contributed by atoms with E-state index in [9.17, 15) is 0 Å². The maximum absolute atomic E-state index is 4.45. The summed E-state index contributed by atoms with van der Waals surface area (Å²) < 4.78 is 1.98. The van der Waals surface area contributed by atoms with E-state index in [1.807, 2.05) is 43.3 Å². The van der Waals surface area contributed by atoms with E-state index in [1.54, 1.807) is 0 Å². The normalized spacial score (nSPS) is 12.7. The molecule has 1 atom stereocenters. The molecule has 0 spiro atoms. The van der Waals surface area contributed by atoms with E-state index in [1.165, 1.54) is 10.9 Å². The Labute approximate surface area is 118 Å². The van der Waals surface area contributed by atoms with Gasteiger partial charge in [0.2, 0.25) is 0 Å². The van der Waals surface area contributed by atoms with Crippen LogP contribution >= 0.6 is 0 Å². The van der Waals surface area contributed by atoms with E-state index in [2.05, 4.69) is 39.7 Å². The van der Waals surface area contributed by atoms with Crippen molar-refractivity contribution in [3.63, 3.8) is 0 Å². The lowest BCUT2D eigenvalue weighted by Crippen LogP contribution is -2.19. The molecule has 0 saturated carbocycles. The van der Waals surface area contributed by atoms with Gasteiger partial charge in [-0.3, -0.25) is 4.98 Å². The van der Waals surface area contributed by atoms with Crippen molar-refractivity contribution in [3.05, 3.63) is 60.3 Å². The molecule has 0 saturated heterocycles. The average Bonchev–Trinajstić information content (AvgIpc) is 2.91. The largest absolute Gasteiger partial charge is 0.340 e. The van der Waals surface area contributed by atoms with Crippen LogP contribution in [0.3, 0.4) is 0 Å². The van der Waals surface area contributed by atoms with Crippen LogP contribution in [0.2, 0.25) is 0 Å². The Hall–Kier alpha value is -2.20. The van der Waals surface area contributed by atoms with Gasteiger partial charge in [-0.25, -0.2) is 4.98 Å². The van der Waals surface area contributed by atoms with Crippen molar-refractivity contribution in [2.75, 3.05) is 7.05 Å². The van der Waals surface area contributed by atoms with Gasteiger partial charge in [0, 0.05) is 24.8 Å². The Morgan fingerprint density at radius 2 is 2.05 bits per heavy atom. The van der Waals surface area contributed by atoms with Crippen LogP contribution in [0, 0.1) is 0 Å². The summed E-state index contributed by atoms with van der Waals surface area (Å²) in [4.78, 5) is 8.86. The van der Waals surface area contributed by atoms with Crippen molar-refractivity contribution >= 4 is 10.9 Å². The van der Waals surface area contributed by atoms with Crippen molar-refractivity contribution < 1.29 is 0 Å². The third kappa shape index (κ3) is 2.42. The molecule has 0 aliphatic rings. The minimum Gasteiger partial charge on any atom is -0.340 e. The van der Waals surface area contributed by atoms with Crippen LogP contribution in [0.4, 0.5) is 0 Å². The number of hydrogen-bond acceptors (Lipinski definition) is 3. The van der Waals surface area contributed by atoms with E-state index in [-0.39, 0.29) is 6.04 Å². The van der Waals surface area contributed by atoms with Crippen LogP contribution in [0.25, 0.3) is 10.9 Å². The van der Waals surface area contributed by atoms with Gasteiger partial charge < -0.3 is 9.88 Å². The number of likely N-dealkylation sites (N-methyl/N-ethyl adjacent to an activating group) is 1. The van der Waals surface area contributed by atoms with Gasteiger partial charge in [-0.15, -0.1) is 0 Å². The van der Waals surface area contributed by atoms with Crippen LogP contribution in [0.5, 0.6) is 0 Å². The Morgan fingerprint density at radius 3 is 2.80 bits per heavy atom. The Kier molecular flexibility index (Phi) is 3.48. The van der Waals surface area contributed by atoms with Gasteiger partial charge in [-0.1, -0.05) is 18.2 Å². The Morgan fingerprint density at radius 1 is 1.20 bits per heavy atom.